The van der Waals surface area contributed by atoms with Gasteiger partial charge < -0.3 is 10.5 Å². The van der Waals surface area contributed by atoms with E-state index in [1.165, 1.54) is 0 Å². The zero-order valence-electron chi connectivity index (χ0n) is 12.5. The van der Waals surface area contributed by atoms with Gasteiger partial charge in [0.15, 0.2) is 11.3 Å². The molecular formula is C15H15N7O. The average Bonchev–Trinajstić information content (AvgIpc) is 3.22. The SMILES string of the molecule is COCCn1nc2c(N)nc3cc(-c4ccn[nH]4)ccc3c2n1. The van der Waals surface area contributed by atoms with Crippen molar-refractivity contribution in [3.63, 3.8) is 0 Å². The summed E-state index contributed by atoms with van der Waals surface area (Å²) >= 11 is 0. The molecule has 1 aromatic carbocycles. The molecule has 3 aromatic heterocycles. The number of nitrogen functional groups attached to an aromatic ring is 1. The van der Waals surface area contributed by atoms with Crippen molar-refractivity contribution in [3.05, 3.63) is 30.5 Å². The van der Waals surface area contributed by atoms with Crippen molar-refractivity contribution >= 4 is 27.8 Å². The van der Waals surface area contributed by atoms with Crippen LogP contribution in [0.3, 0.4) is 0 Å². The van der Waals surface area contributed by atoms with E-state index in [0.29, 0.717) is 24.5 Å². The van der Waals surface area contributed by atoms with E-state index in [-0.39, 0.29) is 0 Å². The van der Waals surface area contributed by atoms with Crippen LogP contribution in [-0.4, -0.2) is 43.9 Å². The normalized spacial score (nSPS) is 11.5. The minimum Gasteiger partial charge on any atom is -0.383 e. The number of ether oxygens (including phenoxy) is 1. The van der Waals surface area contributed by atoms with Crippen LogP contribution in [0.1, 0.15) is 0 Å². The van der Waals surface area contributed by atoms with Crippen LogP contribution in [0.15, 0.2) is 30.5 Å². The number of pyridine rings is 1. The fourth-order valence-corrected chi connectivity index (χ4v) is 2.57. The number of H-pyrrole nitrogens is 1. The van der Waals surface area contributed by atoms with Crippen molar-refractivity contribution in [1.29, 1.82) is 0 Å². The first-order chi connectivity index (χ1) is 11.3. The highest BCUT2D eigenvalue weighted by molar-refractivity contribution is 6.06. The first kappa shape index (κ1) is 13.6. The molecule has 0 atom stereocenters. The van der Waals surface area contributed by atoms with Gasteiger partial charge in [0.05, 0.1) is 24.4 Å². The molecule has 3 heterocycles. The number of nitrogens with two attached hydrogens (primary N) is 1. The molecule has 0 radical (unpaired) electrons. The Balaban J connectivity index is 1.89. The van der Waals surface area contributed by atoms with E-state index < -0.39 is 0 Å². The Labute approximate surface area is 131 Å². The molecule has 0 unspecified atom stereocenters. The Bertz CT molecular complexity index is 974. The van der Waals surface area contributed by atoms with Crippen LogP contribution in [0.5, 0.6) is 0 Å². The summed E-state index contributed by atoms with van der Waals surface area (Å²) in [4.78, 5) is 6.06. The van der Waals surface area contributed by atoms with E-state index in [9.17, 15) is 0 Å². The van der Waals surface area contributed by atoms with Crippen LogP contribution in [-0.2, 0) is 11.3 Å². The third kappa shape index (κ3) is 2.29. The molecule has 4 rings (SSSR count). The van der Waals surface area contributed by atoms with Crippen LogP contribution in [0.25, 0.3) is 33.2 Å². The summed E-state index contributed by atoms with van der Waals surface area (Å²) in [5.41, 5.74) is 10.1. The minimum absolute atomic E-state index is 0.373. The number of rotatable bonds is 4. The van der Waals surface area contributed by atoms with Crippen LogP contribution >= 0.6 is 0 Å². The monoisotopic (exact) mass is 309 g/mol. The zero-order valence-corrected chi connectivity index (χ0v) is 12.5. The maximum absolute atomic E-state index is 6.05. The molecule has 0 saturated heterocycles. The van der Waals surface area contributed by atoms with Crippen LogP contribution in [0.4, 0.5) is 5.82 Å². The van der Waals surface area contributed by atoms with Gasteiger partial charge in [0.2, 0.25) is 0 Å². The van der Waals surface area contributed by atoms with Gasteiger partial charge >= 0.3 is 0 Å². The number of methoxy groups -OCH3 is 1. The highest BCUT2D eigenvalue weighted by Gasteiger charge is 2.13. The third-order valence-electron chi connectivity index (χ3n) is 3.70. The molecule has 0 aliphatic carbocycles. The predicted octanol–water partition coefficient (Wildman–Crippen LogP) is 1.60. The number of anilines is 1. The standard InChI is InChI=1S/C15H15N7O/c1-23-7-6-22-20-13-10-3-2-9(11-4-5-17-19-11)8-12(10)18-15(16)14(13)21-22/h2-5,8H,6-7H2,1H3,(H2,16,18)(H,17,19). The number of nitrogens with zero attached hydrogens (tertiary/aromatic N) is 5. The second-order valence-electron chi connectivity index (χ2n) is 5.19. The zero-order chi connectivity index (χ0) is 15.8. The maximum Gasteiger partial charge on any atom is 0.155 e. The molecule has 23 heavy (non-hydrogen) atoms. The summed E-state index contributed by atoms with van der Waals surface area (Å²) in [5, 5.41) is 16.7. The molecule has 0 spiro atoms. The first-order valence-electron chi connectivity index (χ1n) is 7.19. The van der Waals surface area contributed by atoms with Crippen LogP contribution in [0.2, 0.25) is 0 Å². The van der Waals surface area contributed by atoms with Crippen LogP contribution < -0.4 is 5.73 Å². The Morgan fingerprint density at radius 2 is 2.09 bits per heavy atom. The molecule has 0 saturated carbocycles. The number of hydrogen-bond donors (Lipinski definition) is 2. The number of benzene rings is 1. The lowest BCUT2D eigenvalue weighted by Gasteiger charge is -2.03. The lowest BCUT2D eigenvalue weighted by atomic mass is 10.1. The van der Waals surface area contributed by atoms with Crippen molar-refractivity contribution < 1.29 is 4.74 Å². The highest BCUT2D eigenvalue weighted by atomic mass is 16.5. The van der Waals surface area contributed by atoms with Gasteiger partial charge in [-0.25, -0.2) is 4.98 Å². The molecule has 3 N–H and O–H groups in total. The third-order valence-corrected chi connectivity index (χ3v) is 3.70. The summed E-state index contributed by atoms with van der Waals surface area (Å²) in [5.74, 6) is 0.373. The molecule has 0 bridgehead atoms. The number of nitrogens with one attached hydrogen (secondary N) is 1. The Kier molecular flexibility index (Phi) is 3.16. The van der Waals surface area contributed by atoms with Gasteiger partial charge in [-0.3, -0.25) is 5.10 Å². The van der Waals surface area contributed by atoms with E-state index in [1.807, 2.05) is 24.3 Å². The van der Waals surface area contributed by atoms with Gasteiger partial charge in [-0.2, -0.15) is 15.0 Å². The van der Waals surface area contributed by atoms with Gasteiger partial charge in [-0.05, 0) is 18.2 Å². The largest absolute Gasteiger partial charge is 0.383 e. The van der Waals surface area contributed by atoms with Crippen molar-refractivity contribution in [3.8, 4) is 11.3 Å². The molecule has 0 aliphatic heterocycles. The molecule has 8 nitrogen and oxygen atoms in total. The Morgan fingerprint density at radius 3 is 2.87 bits per heavy atom. The molecule has 4 aromatic rings. The highest BCUT2D eigenvalue weighted by Crippen LogP contribution is 2.28. The molecule has 8 heteroatoms. The van der Waals surface area contributed by atoms with Gasteiger partial charge in [0, 0.05) is 24.3 Å². The Morgan fingerprint density at radius 1 is 1.22 bits per heavy atom. The first-order valence-corrected chi connectivity index (χ1v) is 7.19. The second kappa shape index (κ2) is 5.33. The fraction of sp³-hybridized carbons (Fsp3) is 0.200. The number of hydrogen-bond acceptors (Lipinski definition) is 6. The summed E-state index contributed by atoms with van der Waals surface area (Å²) in [7, 11) is 1.64. The van der Waals surface area contributed by atoms with Crippen LogP contribution in [0, 0.1) is 0 Å². The maximum atomic E-state index is 6.05. The molecule has 0 aliphatic rings. The summed E-state index contributed by atoms with van der Waals surface area (Å²) in [6.45, 7) is 1.11. The molecular weight excluding hydrogens is 294 g/mol. The summed E-state index contributed by atoms with van der Waals surface area (Å²) < 4.78 is 5.06. The van der Waals surface area contributed by atoms with E-state index in [1.54, 1.807) is 18.1 Å². The number of aromatic amines is 1. The van der Waals surface area contributed by atoms with E-state index >= 15 is 0 Å². The summed E-state index contributed by atoms with van der Waals surface area (Å²) in [6, 6.07) is 7.86. The number of fused-ring (bicyclic) bond motifs is 3. The molecule has 0 amide bonds. The van der Waals surface area contributed by atoms with Crippen molar-refractivity contribution in [1.82, 2.24) is 30.2 Å². The molecule has 0 fully saturated rings. The van der Waals surface area contributed by atoms with Crippen molar-refractivity contribution in [2.24, 2.45) is 0 Å². The van der Waals surface area contributed by atoms with Gasteiger partial charge in [0.25, 0.3) is 0 Å². The van der Waals surface area contributed by atoms with Gasteiger partial charge in [-0.1, -0.05) is 6.07 Å². The fourth-order valence-electron chi connectivity index (χ4n) is 2.57. The smallest absolute Gasteiger partial charge is 0.155 e. The predicted molar refractivity (Wildman–Crippen MR) is 86.7 cm³/mol. The summed E-state index contributed by atoms with van der Waals surface area (Å²) in [6.07, 6.45) is 1.71. The lowest BCUT2D eigenvalue weighted by molar-refractivity contribution is 0.179. The van der Waals surface area contributed by atoms with E-state index in [2.05, 4.69) is 25.4 Å². The Hall–Kier alpha value is -3.00. The second-order valence-corrected chi connectivity index (χ2v) is 5.19. The lowest BCUT2D eigenvalue weighted by Crippen LogP contribution is -2.07. The van der Waals surface area contributed by atoms with E-state index in [4.69, 9.17) is 10.5 Å². The van der Waals surface area contributed by atoms with Crippen molar-refractivity contribution in [2.75, 3.05) is 19.5 Å². The van der Waals surface area contributed by atoms with E-state index in [0.717, 1.165) is 27.7 Å². The quantitative estimate of drug-likeness (QED) is 0.593. The number of aromatic nitrogens is 6. The topological polar surface area (TPSA) is 108 Å². The van der Waals surface area contributed by atoms with Crippen molar-refractivity contribution in [2.45, 2.75) is 6.54 Å². The minimum atomic E-state index is 0.373. The molecule has 116 valence electrons. The van der Waals surface area contributed by atoms with Gasteiger partial charge in [-0.15, -0.1) is 5.10 Å². The average molecular weight is 309 g/mol. The van der Waals surface area contributed by atoms with Gasteiger partial charge in [0.1, 0.15) is 5.52 Å².